The Hall–Kier alpha value is -3.80. The maximum Gasteiger partial charge on any atom is 0.229 e. The molecule has 1 aromatic heterocycles. The number of halogens is 1. The molecule has 0 saturated carbocycles. The summed E-state index contributed by atoms with van der Waals surface area (Å²) in [6.45, 7) is 7.95. The highest BCUT2D eigenvalue weighted by Gasteiger charge is 2.19. The van der Waals surface area contributed by atoms with Crippen molar-refractivity contribution in [2.24, 2.45) is 0 Å². The minimum absolute atomic E-state index is 0.00263. The number of methoxy groups -OCH3 is 2. The fraction of sp³-hybridized carbons (Fsp3) is 0.433. The predicted molar refractivity (Wildman–Crippen MR) is 165 cm³/mol. The number of ether oxygens (including phenoxy) is 3. The molecule has 3 heterocycles. The Morgan fingerprint density at radius 2 is 1.69 bits per heavy atom. The van der Waals surface area contributed by atoms with Crippen molar-refractivity contribution < 1.29 is 19.0 Å². The molecule has 0 atom stereocenters. The summed E-state index contributed by atoms with van der Waals surface area (Å²) in [5, 5.41) is 9.90. The summed E-state index contributed by atoms with van der Waals surface area (Å²) in [6.07, 6.45) is 3.36. The molecule has 1 fully saturated rings. The van der Waals surface area contributed by atoms with Crippen molar-refractivity contribution >= 4 is 46.3 Å². The molecular weight excluding hydrogens is 558 g/mol. The molecule has 5 rings (SSSR count). The van der Waals surface area contributed by atoms with Gasteiger partial charge in [-0.2, -0.15) is 4.98 Å². The van der Waals surface area contributed by atoms with E-state index in [1.165, 1.54) is 11.1 Å². The normalized spacial score (nSPS) is 15.4. The van der Waals surface area contributed by atoms with Crippen LogP contribution in [-0.4, -0.2) is 87.5 Å². The first kappa shape index (κ1) is 29.7. The van der Waals surface area contributed by atoms with Gasteiger partial charge in [0.05, 0.1) is 45.0 Å². The Labute approximate surface area is 251 Å². The van der Waals surface area contributed by atoms with Gasteiger partial charge in [-0.1, -0.05) is 11.6 Å². The summed E-state index contributed by atoms with van der Waals surface area (Å²) in [7, 11) is 3.30. The van der Waals surface area contributed by atoms with Crippen molar-refractivity contribution in [3.8, 4) is 11.5 Å². The van der Waals surface area contributed by atoms with Crippen LogP contribution in [0.15, 0.2) is 36.5 Å². The van der Waals surface area contributed by atoms with Crippen LogP contribution in [0.3, 0.4) is 0 Å². The standard InChI is InChI=1S/C30H38ClN7O4/c1-20(39)32-8-11-37-9-6-21-16-26(27(40-2)17-22(21)7-10-37)35-30-33-19-24(31)29(36-30)34-25-5-4-23(18-28(25)41-3)38-12-14-42-15-13-38/h4-5,16-19H,6-15H2,1-3H3,(H,32,39)(H2,33,34,35,36). The molecule has 42 heavy (non-hydrogen) atoms. The van der Waals surface area contributed by atoms with E-state index in [2.05, 4.69) is 47.9 Å². The first-order valence-electron chi connectivity index (χ1n) is 14.2. The molecule has 2 aliphatic rings. The summed E-state index contributed by atoms with van der Waals surface area (Å²) in [4.78, 5) is 25.0. The lowest BCUT2D eigenvalue weighted by Crippen LogP contribution is -2.36. The number of carbonyl (C=O) groups is 1. The van der Waals surface area contributed by atoms with Gasteiger partial charge in [0.15, 0.2) is 5.82 Å². The van der Waals surface area contributed by atoms with Gasteiger partial charge in [0.1, 0.15) is 16.5 Å². The first-order chi connectivity index (χ1) is 20.4. The molecule has 224 valence electrons. The van der Waals surface area contributed by atoms with E-state index in [4.69, 9.17) is 25.8 Å². The summed E-state index contributed by atoms with van der Waals surface area (Å²) >= 11 is 6.51. The molecular formula is C30H38ClN7O4. The van der Waals surface area contributed by atoms with E-state index >= 15 is 0 Å². The van der Waals surface area contributed by atoms with Crippen molar-refractivity contribution in [3.05, 3.63) is 52.7 Å². The van der Waals surface area contributed by atoms with Crippen molar-refractivity contribution in [2.45, 2.75) is 19.8 Å². The highest BCUT2D eigenvalue weighted by Crippen LogP contribution is 2.35. The lowest BCUT2D eigenvalue weighted by molar-refractivity contribution is -0.119. The van der Waals surface area contributed by atoms with Gasteiger partial charge >= 0.3 is 0 Å². The SMILES string of the molecule is COc1cc2c(cc1Nc1ncc(Cl)c(Nc3ccc(N4CCOCC4)cc3OC)n1)CCN(CCNC(C)=O)CC2. The van der Waals surface area contributed by atoms with Crippen molar-refractivity contribution in [1.29, 1.82) is 0 Å². The fourth-order valence-electron chi connectivity index (χ4n) is 5.25. The van der Waals surface area contributed by atoms with Crippen LogP contribution in [0.2, 0.25) is 5.02 Å². The van der Waals surface area contributed by atoms with Crippen LogP contribution < -0.4 is 30.3 Å². The molecule has 11 nitrogen and oxygen atoms in total. The largest absolute Gasteiger partial charge is 0.495 e. The van der Waals surface area contributed by atoms with Crippen LogP contribution in [0.4, 0.5) is 28.8 Å². The van der Waals surface area contributed by atoms with Crippen molar-refractivity contribution in [1.82, 2.24) is 20.2 Å². The lowest BCUT2D eigenvalue weighted by Gasteiger charge is -2.29. The van der Waals surface area contributed by atoms with E-state index in [0.717, 1.165) is 62.6 Å². The third kappa shape index (κ3) is 7.33. The molecule has 0 bridgehead atoms. The third-order valence-electron chi connectivity index (χ3n) is 7.52. The van der Waals surface area contributed by atoms with Crippen LogP contribution in [0.25, 0.3) is 0 Å². The second-order valence-corrected chi connectivity index (χ2v) is 10.7. The number of benzene rings is 2. The Balaban J connectivity index is 1.31. The van der Waals surface area contributed by atoms with Crippen molar-refractivity contribution in [2.75, 3.05) is 82.2 Å². The number of nitrogens with zero attached hydrogens (tertiary/aromatic N) is 4. The smallest absolute Gasteiger partial charge is 0.229 e. The second kappa shape index (κ2) is 13.9. The molecule has 3 N–H and O–H groups in total. The Morgan fingerprint density at radius 3 is 2.40 bits per heavy atom. The van der Waals surface area contributed by atoms with E-state index < -0.39 is 0 Å². The summed E-state index contributed by atoms with van der Waals surface area (Å²) < 4.78 is 16.9. The predicted octanol–water partition coefficient (Wildman–Crippen LogP) is 4.01. The zero-order valence-corrected chi connectivity index (χ0v) is 25.1. The van der Waals surface area contributed by atoms with Gasteiger partial charge in [0.2, 0.25) is 11.9 Å². The Bertz CT molecular complexity index is 1400. The molecule has 3 aromatic rings. The van der Waals surface area contributed by atoms with Gasteiger partial charge < -0.3 is 40.0 Å². The number of amides is 1. The molecule has 2 aromatic carbocycles. The number of aromatic nitrogens is 2. The molecule has 0 radical (unpaired) electrons. The average molecular weight is 596 g/mol. The zero-order chi connectivity index (χ0) is 29.5. The molecule has 12 heteroatoms. The molecule has 0 spiro atoms. The number of fused-ring (bicyclic) bond motifs is 1. The van der Waals surface area contributed by atoms with Gasteiger partial charge in [-0.3, -0.25) is 4.79 Å². The Morgan fingerprint density at radius 1 is 0.976 bits per heavy atom. The molecule has 0 unspecified atom stereocenters. The van der Waals surface area contributed by atoms with Gasteiger partial charge in [0, 0.05) is 57.9 Å². The highest BCUT2D eigenvalue weighted by atomic mass is 35.5. The summed E-state index contributed by atoms with van der Waals surface area (Å²) in [6, 6.07) is 10.2. The Kier molecular flexibility index (Phi) is 9.83. The number of rotatable bonds is 10. The van der Waals surface area contributed by atoms with E-state index in [9.17, 15) is 4.79 Å². The minimum Gasteiger partial charge on any atom is -0.495 e. The number of hydrogen-bond donors (Lipinski definition) is 3. The molecule has 1 amide bonds. The number of morpholine rings is 1. The maximum absolute atomic E-state index is 11.2. The average Bonchev–Trinajstić information content (AvgIpc) is 3.20. The number of anilines is 5. The van der Waals surface area contributed by atoms with Gasteiger partial charge in [-0.15, -0.1) is 0 Å². The van der Waals surface area contributed by atoms with Gasteiger partial charge in [0.25, 0.3) is 0 Å². The molecule has 1 saturated heterocycles. The summed E-state index contributed by atoms with van der Waals surface area (Å²) in [5.41, 5.74) is 5.10. The second-order valence-electron chi connectivity index (χ2n) is 10.3. The lowest BCUT2D eigenvalue weighted by atomic mass is 10.0. The van der Waals surface area contributed by atoms with Crippen LogP contribution in [0.1, 0.15) is 18.1 Å². The van der Waals surface area contributed by atoms with Crippen molar-refractivity contribution in [3.63, 3.8) is 0 Å². The van der Waals surface area contributed by atoms with Gasteiger partial charge in [-0.25, -0.2) is 4.98 Å². The van der Waals surface area contributed by atoms with E-state index in [-0.39, 0.29) is 5.91 Å². The van der Waals surface area contributed by atoms with Crippen LogP contribution in [0, 0.1) is 0 Å². The molecule has 2 aliphatic heterocycles. The third-order valence-corrected chi connectivity index (χ3v) is 7.80. The van der Waals surface area contributed by atoms with E-state index in [1.54, 1.807) is 27.3 Å². The maximum atomic E-state index is 11.2. The first-order valence-corrected chi connectivity index (χ1v) is 14.5. The summed E-state index contributed by atoms with van der Waals surface area (Å²) in [5.74, 6) is 2.23. The topological polar surface area (TPSA) is 113 Å². The van der Waals surface area contributed by atoms with Crippen LogP contribution in [0.5, 0.6) is 11.5 Å². The van der Waals surface area contributed by atoms with Crippen LogP contribution in [-0.2, 0) is 22.4 Å². The van der Waals surface area contributed by atoms with E-state index in [0.29, 0.717) is 48.0 Å². The number of carbonyl (C=O) groups excluding carboxylic acids is 1. The quantitative estimate of drug-likeness (QED) is 0.318. The minimum atomic E-state index is -0.00263. The number of nitrogens with one attached hydrogen (secondary N) is 3. The fourth-order valence-corrected chi connectivity index (χ4v) is 5.38. The number of hydrogen-bond acceptors (Lipinski definition) is 10. The van der Waals surface area contributed by atoms with E-state index in [1.807, 2.05) is 18.2 Å². The monoisotopic (exact) mass is 595 g/mol. The van der Waals surface area contributed by atoms with Crippen LogP contribution >= 0.6 is 11.6 Å². The van der Waals surface area contributed by atoms with Gasteiger partial charge in [-0.05, 0) is 48.2 Å². The molecule has 0 aliphatic carbocycles. The highest BCUT2D eigenvalue weighted by molar-refractivity contribution is 6.33. The zero-order valence-electron chi connectivity index (χ0n) is 24.3.